The van der Waals surface area contributed by atoms with Gasteiger partial charge < -0.3 is 9.80 Å². The van der Waals surface area contributed by atoms with Crippen LogP contribution in [0.5, 0.6) is 0 Å². The highest BCUT2D eigenvalue weighted by molar-refractivity contribution is 5.38. The molecule has 2 nitrogen and oxygen atoms in total. The molecule has 1 rings (SSSR count). The van der Waals surface area contributed by atoms with E-state index in [4.69, 9.17) is 0 Å². The first kappa shape index (κ1) is 14.2. The van der Waals surface area contributed by atoms with Crippen molar-refractivity contribution < 1.29 is 0 Å². The van der Waals surface area contributed by atoms with Crippen LogP contribution >= 0.6 is 0 Å². The third-order valence-electron chi connectivity index (χ3n) is 3.05. The first-order valence-electron chi connectivity index (χ1n) is 6.34. The van der Waals surface area contributed by atoms with E-state index in [1.165, 1.54) is 22.3 Å². The van der Waals surface area contributed by atoms with Gasteiger partial charge in [-0.1, -0.05) is 19.1 Å². The topological polar surface area (TPSA) is 6.48 Å². The fourth-order valence-electron chi connectivity index (χ4n) is 2.24. The fourth-order valence-corrected chi connectivity index (χ4v) is 2.24. The van der Waals surface area contributed by atoms with Crippen LogP contribution in [0.1, 0.15) is 29.2 Å². The molecule has 0 radical (unpaired) electrons. The molecule has 0 fully saturated rings. The predicted molar refractivity (Wildman–Crippen MR) is 75.3 cm³/mol. The lowest BCUT2D eigenvalue weighted by molar-refractivity contribution is 0.394. The molecule has 2 heteroatoms. The third kappa shape index (κ3) is 4.14. The van der Waals surface area contributed by atoms with E-state index in [9.17, 15) is 0 Å². The second-order valence-electron chi connectivity index (χ2n) is 5.37. The van der Waals surface area contributed by atoms with Crippen LogP contribution in [0.3, 0.4) is 0 Å². The molecule has 0 saturated heterocycles. The van der Waals surface area contributed by atoms with Gasteiger partial charge in [-0.2, -0.15) is 0 Å². The number of hydrogen-bond donors (Lipinski definition) is 0. The molecule has 96 valence electrons. The normalized spacial score (nSPS) is 11.5. The molecule has 1 aromatic rings. The molecular weight excluding hydrogens is 208 g/mol. The Morgan fingerprint density at radius 1 is 0.882 bits per heavy atom. The molecule has 0 aliphatic heterocycles. The van der Waals surface area contributed by atoms with Crippen LogP contribution in [0.15, 0.2) is 12.1 Å². The van der Waals surface area contributed by atoms with Crippen LogP contribution in [-0.2, 0) is 19.5 Å². The van der Waals surface area contributed by atoms with E-state index in [0.29, 0.717) is 0 Å². The van der Waals surface area contributed by atoms with E-state index in [2.05, 4.69) is 64.0 Å². The van der Waals surface area contributed by atoms with Gasteiger partial charge in [0.1, 0.15) is 0 Å². The molecule has 0 unspecified atom stereocenters. The molecule has 17 heavy (non-hydrogen) atoms. The molecule has 0 atom stereocenters. The lowest BCUT2D eigenvalue weighted by atomic mass is 9.96. The summed E-state index contributed by atoms with van der Waals surface area (Å²) in [5.74, 6) is 0. The zero-order valence-electron chi connectivity index (χ0n) is 12.2. The van der Waals surface area contributed by atoms with Gasteiger partial charge in [0.15, 0.2) is 0 Å². The van der Waals surface area contributed by atoms with Gasteiger partial charge in [0.05, 0.1) is 0 Å². The molecule has 0 N–H and O–H groups in total. The van der Waals surface area contributed by atoms with Crippen molar-refractivity contribution in [1.82, 2.24) is 9.80 Å². The molecule has 0 aliphatic carbocycles. The van der Waals surface area contributed by atoms with Gasteiger partial charge in [-0.05, 0) is 63.8 Å². The average Bonchev–Trinajstić information content (AvgIpc) is 2.21. The van der Waals surface area contributed by atoms with E-state index >= 15 is 0 Å². The highest BCUT2D eigenvalue weighted by Gasteiger charge is 2.07. The minimum absolute atomic E-state index is 1.02. The molecule has 0 aromatic heterocycles. The van der Waals surface area contributed by atoms with Crippen molar-refractivity contribution in [2.45, 2.75) is 33.4 Å². The van der Waals surface area contributed by atoms with Crippen LogP contribution in [-0.4, -0.2) is 38.0 Å². The minimum atomic E-state index is 1.02. The van der Waals surface area contributed by atoms with E-state index in [0.717, 1.165) is 19.5 Å². The Kier molecular flexibility index (Phi) is 5.16. The zero-order valence-corrected chi connectivity index (χ0v) is 12.2. The summed E-state index contributed by atoms with van der Waals surface area (Å²) in [6, 6.07) is 4.71. The number of nitrogens with zero attached hydrogens (tertiary/aromatic N) is 2. The number of hydrogen-bond acceptors (Lipinski definition) is 2. The summed E-state index contributed by atoms with van der Waals surface area (Å²) in [5, 5.41) is 0. The van der Waals surface area contributed by atoms with Crippen molar-refractivity contribution in [3.63, 3.8) is 0 Å². The van der Waals surface area contributed by atoms with Gasteiger partial charge in [0.25, 0.3) is 0 Å². The highest BCUT2D eigenvalue weighted by Crippen LogP contribution is 2.19. The SMILES string of the molecule is CCc1cc(CN(C)C)cc(CN(C)C)c1C. The Morgan fingerprint density at radius 3 is 1.88 bits per heavy atom. The summed E-state index contributed by atoms with van der Waals surface area (Å²) in [4.78, 5) is 4.46. The number of aryl methyl sites for hydroxylation is 1. The van der Waals surface area contributed by atoms with Crippen LogP contribution in [0, 0.1) is 6.92 Å². The lowest BCUT2D eigenvalue weighted by Crippen LogP contribution is -2.15. The predicted octanol–water partition coefficient (Wildman–Crippen LogP) is 2.68. The van der Waals surface area contributed by atoms with Gasteiger partial charge in [-0.3, -0.25) is 0 Å². The number of benzene rings is 1. The Bertz CT molecular complexity index is 367. The quantitative estimate of drug-likeness (QED) is 0.773. The first-order valence-corrected chi connectivity index (χ1v) is 6.34. The van der Waals surface area contributed by atoms with Gasteiger partial charge in [-0.25, -0.2) is 0 Å². The van der Waals surface area contributed by atoms with Crippen molar-refractivity contribution in [3.8, 4) is 0 Å². The maximum atomic E-state index is 2.36. The molecule has 0 heterocycles. The van der Waals surface area contributed by atoms with E-state index in [1.54, 1.807) is 0 Å². The van der Waals surface area contributed by atoms with Crippen molar-refractivity contribution in [1.29, 1.82) is 0 Å². The molecule has 0 saturated carbocycles. The maximum Gasteiger partial charge on any atom is 0.0230 e. The standard InChI is InChI=1S/C15H26N2/c1-7-14-8-13(10-16(3)4)9-15(12(14)2)11-17(5)6/h8-9H,7,10-11H2,1-6H3. The van der Waals surface area contributed by atoms with Crippen molar-refractivity contribution in [2.24, 2.45) is 0 Å². The first-order chi connectivity index (χ1) is 7.93. The highest BCUT2D eigenvalue weighted by atomic mass is 15.1. The van der Waals surface area contributed by atoms with Gasteiger partial charge in [0.2, 0.25) is 0 Å². The molecule has 0 aliphatic rings. The number of rotatable bonds is 5. The van der Waals surface area contributed by atoms with E-state index < -0.39 is 0 Å². The average molecular weight is 234 g/mol. The summed E-state index contributed by atoms with van der Waals surface area (Å²) >= 11 is 0. The zero-order chi connectivity index (χ0) is 13.0. The molecule has 0 amide bonds. The van der Waals surface area contributed by atoms with Gasteiger partial charge >= 0.3 is 0 Å². The van der Waals surface area contributed by atoms with E-state index in [1.807, 2.05) is 0 Å². The Labute approximate surface area is 106 Å². The Morgan fingerprint density at radius 2 is 1.41 bits per heavy atom. The van der Waals surface area contributed by atoms with Crippen LogP contribution < -0.4 is 0 Å². The maximum absolute atomic E-state index is 2.36. The summed E-state index contributed by atoms with van der Waals surface area (Å²) in [7, 11) is 8.50. The third-order valence-corrected chi connectivity index (χ3v) is 3.05. The monoisotopic (exact) mass is 234 g/mol. The second kappa shape index (κ2) is 6.18. The van der Waals surface area contributed by atoms with Gasteiger partial charge in [0, 0.05) is 13.1 Å². The fraction of sp³-hybridized carbons (Fsp3) is 0.600. The molecule has 0 spiro atoms. The molecule has 0 bridgehead atoms. The molecular formula is C15H26N2. The Balaban J connectivity index is 3.09. The Hall–Kier alpha value is -0.860. The smallest absolute Gasteiger partial charge is 0.0230 e. The summed E-state index contributed by atoms with van der Waals surface area (Å²) in [5.41, 5.74) is 5.84. The van der Waals surface area contributed by atoms with Crippen LogP contribution in [0.2, 0.25) is 0 Å². The van der Waals surface area contributed by atoms with Crippen molar-refractivity contribution in [3.05, 3.63) is 34.4 Å². The second-order valence-corrected chi connectivity index (χ2v) is 5.37. The summed E-state index contributed by atoms with van der Waals surface area (Å²) in [6.07, 6.45) is 1.12. The summed E-state index contributed by atoms with van der Waals surface area (Å²) in [6.45, 7) is 6.53. The van der Waals surface area contributed by atoms with Crippen LogP contribution in [0.4, 0.5) is 0 Å². The van der Waals surface area contributed by atoms with E-state index in [-0.39, 0.29) is 0 Å². The lowest BCUT2D eigenvalue weighted by Gasteiger charge is -2.18. The largest absolute Gasteiger partial charge is 0.305 e. The summed E-state index contributed by atoms with van der Waals surface area (Å²) < 4.78 is 0. The van der Waals surface area contributed by atoms with Gasteiger partial charge in [-0.15, -0.1) is 0 Å². The molecule has 1 aromatic carbocycles. The van der Waals surface area contributed by atoms with Crippen molar-refractivity contribution in [2.75, 3.05) is 28.2 Å². The van der Waals surface area contributed by atoms with Crippen LogP contribution in [0.25, 0.3) is 0 Å². The minimum Gasteiger partial charge on any atom is -0.305 e. The van der Waals surface area contributed by atoms with Crippen molar-refractivity contribution >= 4 is 0 Å².